The van der Waals surface area contributed by atoms with E-state index in [1.54, 1.807) is 0 Å². The molecule has 3 N–H and O–H groups in total. The number of imidazole rings is 1. The highest BCUT2D eigenvalue weighted by atomic mass is 15.3. The van der Waals surface area contributed by atoms with Crippen LogP contribution in [0.5, 0.6) is 0 Å². The van der Waals surface area contributed by atoms with E-state index in [4.69, 9.17) is 5.84 Å². The number of rotatable bonds is 4. The zero-order valence-corrected chi connectivity index (χ0v) is 12.7. The second-order valence-electron chi connectivity index (χ2n) is 6.01. The van der Waals surface area contributed by atoms with E-state index in [1.807, 2.05) is 18.5 Å². The highest BCUT2D eigenvalue weighted by Crippen LogP contribution is 2.31. The minimum Gasteiger partial charge on any atom is -0.334 e. The molecule has 0 radical (unpaired) electrons. The molecule has 1 aromatic heterocycles. The van der Waals surface area contributed by atoms with Crippen LogP contribution in [0.15, 0.2) is 36.7 Å². The van der Waals surface area contributed by atoms with Gasteiger partial charge in [0.05, 0.1) is 0 Å². The average molecular weight is 272 g/mol. The van der Waals surface area contributed by atoms with Gasteiger partial charge in [0.2, 0.25) is 0 Å². The SMILES string of the molecule is CCn1ccnc1C(NN)c1ccccc1C(C)(C)C. The van der Waals surface area contributed by atoms with Gasteiger partial charge in [-0.1, -0.05) is 45.0 Å². The van der Waals surface area contributed by atoms with Gasteiger partial charge in [0.1, 0.15) is 11.9 Å². The molecule has 0 saturated heterocycles. The molecule has 2 aromatic rings. The first-order valence-corrected chi connectivity index (χ1v) is 7.05. The predicted octanol–water partition coefficient (Wildman–Crippen LogP) is 2.75. The van der Waals surface area contributed by atoms with Crippen molar-refractivity contribution in [1.29, 1.82) is 0 Å². The van der Waals surface area contributed by atoms with Gasteiger partial charge in [0.25, 0.3) is 0 Å². The number of nitrogens with zero attached hydrogens (tertiary/aromatic N) is 2. The van der Waals surface area contributed by atoms with Crippen molar-refractivity contribution in [3.8, 4) is 0 Å². The molecule has 0 aliphatic rings. The molecule has 0 fully saturated rings. The van der Waals surface area contributed by atoms with Gasteiger partial charge in [-0.3, -0.25) is 5.84 Å². The van der Waals surface area contributed by atoms with Crippen LogP contribution in [0.4, 0.5) is 0 Å². The van der Waals surface area contributed by atoms with Crippen LogP contribution in [-0.4, -0.2) is 9.55 Å². The van der Waals surface area contributed by atoms with E-state index >= 15 is 0 Å². The van der Waals surface area contributed by atoms with Crippen LogP contribution in [0.3, 0.4) is 0 Å². The summed E-state index contributed by atoms with van der Waals surface area (Å²) in [6.45, 7) is 9.63. The molecule has 0 amide bonds. The van der Waals surface area contributed by atoms with Gasteiger partial charge in [0.15, 0.2) is 0 Å². The third kappa shape index (κ3) is 2.76. The lowest BCUT2D eigenvalue weighted by Gasteiger charge is -2.27. The molecule has 0 aliphatic heterocycles. The molecule has 0 saturated carbocycles. The van der Waals surface area contributed by atoms with Crippen LogP contribution in [0.25, 0.3) is 0 Å². The number of nitrogens with one attached hydrogen (secondary N) is 1. The Bertz CT molecular complexity index is 566. The Morgan fingerprint density at radius 3 is 2.60 bits per heavy atom. The second-order valence-corrected chi connectivity index (χ2v) is 6.01. The number of benzene rings is 1. The van der Waals surface area contributed by atoms with Crippen molar-refractivity contribution in [2.75, 3.05) is 0 Å². The summed E-state index contributed by atoms with van der Waals surface area (Å²) in [7, 11) is 0. The van der Waals surface area contributed by atoms with Crippen LogP contribution in [0, 0.1) is 0 Å². The molecule has 1 aromatic carbocycles. The fourth-order valence-corrected chi connectivity index (χ4v) is 2.58. The first kappa shape index (κ1) is 14.8. The summed E-state index contributed by atoms with van der Waals surface area (Å²) in [5.74, 6) is 6.78. The van der Waals surface area contributed by atoms with E-state index in [2.05, 4.69) is 60.9 Å². The molecule has 108 valence electrons. The van der Waals surface area contributed by atoms with Crippen molar-refractivity contribution in [2.45, 2.75) is 45.7 Å². The van der Waals surface area contributed by atoms with Crippen molar-refractivity contribution >= 4 is 0 Å². The fraction of sp³-hybridized carbons (Fsp3) is 0.438. The third-order valence-corrected chi connectivity index (χ3v) is 3.59. The maximum absolute atomic E-state index is 5.83. The summed E-state index contributed by atoms with van der Waals surface area (Å²) >= 11 is 0. The lowest BCUT2D eigenvalue weighted by molar-refractivity contribution is 0.529. The van der Waals surface area contributed by atoms with Crippen LogP contribution in [0.2, 0.25) is 0 Å². The Labute approximate surface area is 121 Å². The molecular formula is C16H24N4. The van der Waals surface area contributed by atoms with E-state index in [0.29, 0.717) is 0 Å². The minimum atomic E-state index is -0.0969. The number of hydrogen-bond acceptors (Lipinski definition) is 3. The van der Waals surface area contributed by atoms with E-state index in [9.17, 15) is 0 Å². The number of hydrogen-bond donors (Lipinski definition) is 2. The van der Waals surface area contributed by atoms with Gasteiger partial charge in [-0.2, -0.15) is 0 Å². The smallest absolute Gasteiger partial charge is 0.131 e. The van der Waals surface area contributed by atoms with E-state index in [1.165, 1.54) is 11.1 Å². The molecule has 4 nitrogen and oxygen atoms in total. The lowest BCUT2D eigenvalue weighted by Crippen LogP contribution is -2.33. The van der Waals surface area contributed by atoms with E-state index < -0.39 is 0 Å². The lowest BCUT2D eigenvalue weighted by atomic mass is 9.81. The summed E-state index contributed by atoms with van der Waals surface area (Å²) in [5.41, 5.74) is 5.46. The number of hydrazine groups is 1. The van der Waals surface area contributed by atoms with Gasteiger partial charge in [-0.15, -0.1) is 0 Å². The molecule has 20 heavy (non-hydrogen) atoms. The molecule has 0 bridgehead atoms. The third-order valence-electron chi connectivity index (χ3n) is 3.59. The van der Waals surface area contributed by atoms with Crippen molar-refractivity contribution in [1.82, 2.24) is 15.0 Å². The molecule has 0 spiro atoms. The van der Waals surface area contributed by atoms with Gasteiger partial charge in [-0.05, 0) is 23.5 Å². The van der Waals surface area contributed by atoms with Gasteiger partial charge >= 0.3 is 0 Å². The van der Waals surface area contributed by atoms with Crippen LogP contribution < -0.4 is 11.3 Å². The van der Waals surface area contributed by atoms with Crippen molar-refractivity contribution in [3.63, 3.8) is 0 Å². The van der Waals surface area contributed by atoms with Crippen molar-refractivity contribution < 1.29 is 0 Å². The zero-order chi connectivity index (χ0) is 14.8. The maximum atomic E-state index is 5.83. The number of nitrogens with two attached hydrogens (primary N) is 1. The van der Waals surface area contributed by atoms with Crippen molar-refractivity contribution in [2.24, 2.45) is 5.84 Å². The molecular weight excluding hydrogens is 248 g/mol. The predicted molar refractivity (Wildman–Crippen MR) is 82.2 cm³/mol. The Kier molecular flexibility index (Phi) is 4.26. The first-order chi connectivity index (χ1) is 9.49. The average Bonchev–Trinajstić information content (AvgIpc) is 2.87. The monoisotopic (exact) mass is 272 g/mol. The van der Waals surface area contributed by atoms with E-state index in [0.717, 1.165) is 12.4 Å². The van der Waals surface area contributed by atoms with Crippen LogP contribution in [0.1, 0.15) is 50.7 Å². The fourth-order valence-electron chi connectivity index (χ4n) is 2.58. The summed E-state index contributed by atoms with van der Waals surface area (Å²) in [4.78, 5) is 4.48. The van der Waals surface area contributed by atoms with Gasteiger partial charge < -0.3 is 4.57 Å². The molecule has 4 heteroatoms. The highest BCUT2D eigenvalue weighted by molar-refractivity contribution is 5.38. The van der Waals surface area contributed by atoms with Gasteiger partial charge in [-0.25, -0.2) is 10.4 Å². The highest BCUT2D eigenvalue weighted by Gasteiger charge is 2.25. The first-order valence-electron chi connectivity index (χ1n) is 7.05. The van der Waals surface area contributed by atoms with Gasteiger partial charge in [0, 0.05) is 18.9 Å². The normalized spacial score (nSPS) is 13.4. The Morgan fingerprint density at radius 1 is 1.30 bits per heavy atom. The zero-order valence-electron chi connectivity index (χ0n) is 12.7. The summed E-state index contributed by atoms with van der Waals surface area (Å²) < 4.78 is 2.12. The Morgan fingerprint density at radius 2 is 2.00 bits per heavy atom. The maximum Gasteiger partial charge on any atom is 0.131 e. The number of aryl methyl sites for hydroxylation is 1. The standard InChI is InChI=1S/C16H24N4/c1-5-20-11-10-18-15(20)14(19-17)12-8-6-7-9-13(12)16(2,3)4/h6-11,14,19H,5,17H2,1-4H3. The molecule has 1 atom stereocenters. The quantitative estimate of drug-likeness (QED) is 0.664. The Balaban J connectivity index is 2.53. The summed E-state index contributed by atoms with van der Waals surface area (Å²) in [6.07, 6.45) is 3.81. The van der Waals surface area contributed by atoms with Crippen LogP contribution in [-0.2, 0) is 12.0 Å². The summed E-state index contributed by atoms with van der Waals surface area (Å²) in [6, 6.07) is 8.32. The van der Waals surface area contributed by atoms with Crippen molar-refractivity contribution in [3.05, 3.63) is 53.6 Å². The molecule has 1 unspecified atom stereocenters. The Hall–Kier alpha value is -1.65. The molecule has 0 aliphatic carbocycles. The van der Waals surface area contributed by atoms with E-state index in [-0.39, 0.29) is 11.5 Å². The minimum absolute atomic E-state index is 0.0648. The summed E-state index contributed by atoms with van der Waals surface area (Å²) in [5, 5.41) is 0. The number of aromatic nitrogens is 2. The molecule has 1 heterocycles. The largest absolute Gasteiger partial charge is 0.334 e. The second kappa shape index (κ2) is 5.77. The van der Waals surface area contributed by atoms with Crippen LogP contribution >= 0.6 is 0 Å². The topological polar surface area (TPSA) is 55.9 Å². The molecule has 2 rings (SSSR count).